The second kappa shape index (κ2) is 7.18. The fraction of sp³-hybridized carbons (Fsp3) is 0.389. The number of amides is 1. The molecule has 0 spiro atoms. The van der Waals surface area contributed by atoms with Crippen LogP contribution in [0, 0.1) is 11.3 Å². The van der Waals surface area contributed by atoms with E-state index < -0.39 is 6.04 Å². The fourth-order valence-electron chi connectivity index (χ4n) is 3.02. The molecule has 1 aliphatic rings. The number of hydrogen-bond acceptors (Lipinski definition) is 5. The molecule has 124 valence electrons. The number of nitrogens with zero attached hydrogens (tertiary/aromatic N) is 2. The number of rotatable bonds is 4. The molecule has 2 aromatic rings. The maximum atomic E-state index is 12.6. The summed E-state index contributed by atoms with van der Waals surface area (Å²) in [6.07, 6.45) is 4.78. The predicted molar refractivity (Wildman–Crippen MR) is 86.6 cm³/mol. The molecule has 1 aromatic carbocycles. The lowest BCUT2D eigenvalue weighted by molar-refractivity contribution is 0.0934. The molecule has 0 bridgehead atoms. The molecule has 3 rings (SSSR count). The van der Waals surface area contributed by atoms with Crippen LogP contribution in [0.4, 0.5) is 0 Å². The van der Waals surface area contributed by atoms with Gasteiger partial charge in [0.15, 0.2) is 5.69 Å². The van der Waals surface area contributed by atoms with Crippen molar-refractivity contribution < 1.29 is 14.1 Å². The second-order valence-corrected chi connectivity index (χ2v) is 5.77. The number of carbonyl (C=O) groups excluding carboxylic acids is 1. The monoisotopic (exact) mass is 325 g/mol. The molecule has 24 heavy (non-hydrogen) atoms. The SMILES string of the molecule is COc1ccccc1[C@H](C#N)NC(=O)c1noc2c1CCCCC2. The lowest BCUT2D eigenvalue weighted by Gasteiger charge is -2.14. The van der Waals surface area contributed by atoms with Gasteiger partial charge in [-0.1, -0.05) is 29.8 Å². The number of aryl methyl sites for hydroxylation is 1. The number of ether oxygens (including phenoxy) is 1. The van der Waals surface area contributed by atoms with Crippen molar-refractivity contribution in [2.45, 2.75) is 38.1 Å². The van der Waals surface area contributed by atoms with E-state index in [4.69, 9.17) is 9.26 Å². The van der Waals surface area contributed by atoms with Gasteiger partial charge in [0.25, 0.3) is 5.91 Å². The van der Waals surface area contributed by atoms with Crippen LogP contribution in [0.2, 0.25) is 0 Å². The predicted octanol–water partition coefficient (Wildman–Crippen LogP) is 2.95. The minimum absolute atomic E-state index is 0.294. The third-order valence-electron chi connectivity index (χ3n) is 4.27. The number of aromatic nitrogens is 1. The fourth-order valence-corrected chi connectivity index (χ4v) is 3.02. The Bertz CT molecular complexity index is 776. The molecule has 1 aromatic heterocycles. The molecule has 1 heterocycles. The number of carbonyl (C=O) groups is 1. The summed E-state index contributed by atoms with van der Waals surface area (Å²) in [5.41, 5.74) is 1.79. The zero-order chi connectivity index (χ0) is 16.9. The van der Waals surface area contributed by atoms with Crippen LogP contribution in [0.15, 0.2) is 28.8 Å². The summed E-state index contributed by atoms with van der Waals surface area (Å²) in [5.74, 6) is 0.964. The van der Waals surface area contributed by atoms with Crippen LogP contribution in [-0.2, 0) is 12.8 Å². The van der Waals surface area contributed by atoms with Gasteiger partial charge < -0.3 is 14.6 Å². The van der Waals surface area contributed by atoms with Gasteiger partial charge in [0.05, 0.1) is 13.2 Å². The van der Waals surface area contributed by atoms with Gasteiger partial charge in [-0.3, -0.25) is 4.79 Å². The van der Waals surface area contributed by atoms with E-state index in [0.29, 0.717) is 17.0 Å². The smallest absolute Gasteiger partial charge is 0.275 e. The Kier molecular flexibility index (Phi) is 4.80. The Morgan fingerprint density at radius 2 is 2.12 bits per heavy atom. The number of nitriles is 1. The molecule has 6 heteroatoms. The van der Waals surface area contributed by atoms with Gasteiger partial charge in [0.1, 0.15) is 17.6 Å². The first kappa shape index (κ1) is 16.1. The summed E-state index contributed by atoms with van der Waals surface area (Å²) in [5, 5.41) is 16.1. The van der Waals surface area contributed by atoms with Gasteiger partial charge >= 0.3 is 0 Å². The average Bonchev–Trinajstić information content (AvgIpc) is 2.88. The number of nitrogens with one attached hydrogen (secondary N) is 1. The van der Waals surface area contributed by atoms with E-state index in [2.05, 4.69) is 16.5 Å². The highest BCUT2D eigenvalue weighted by Crippen LogP contribution is 2.26. The van der Waals surface area contributed by atoms with E-state index in [9.17, 15) is 10.1 Å². The molecule has 0 aliphatic heterocycles. The summed E-state index contributed by atoms with van der Waals surface area (Å²) in [6, 6.07) is 8.43. The molecule has 1 aliphatic carbocycles. The van der Waals surface area contributed by atoms with Crippen molar-refractivity contribution in [3.05, 3.63) is 46.8 Å². The first-order valence-electron chi connectivity index (χ1n) is 8.05. The van der Waals surface area contributed by atoms with Gasteiger partial charge in [0.2, 0.25) is 0 Å². The molecular weight excluding hydrogens is 306 g/mol. The molecular formula is C18H19N3O3. The Morgan fingerprint density at radius 3 is 2.92 bits per heavy atom. The lowest BCUT2D eigenvalue weighted by atomic mass is 10.0. The number of fused-ring (bicyclic) bond motifs is 1. The number of benzene rings is 1. The van der Waals surface area contributed by atoms with Gasteiger partial charge in [0, 0.05) is 17.5 Å². The highest BCUT2D eigenvalue weighted by atomic mass is 16.5. The molecule has 6 nitrogen and oxygen atoms in total. The summed E-state index contributed by atoms with van der Waals surface area (Å²) in [6.45, 7) is 0. The Hall–Kier alpha value is -2.81. The molecule has 0 fully saturated rings. The number of para-hydroxylation sites is 1. The molecule has 0 radical (unpaired) electrons. The molecule has 1 atom stereocenters. The Balaban J connectivity index is 1.83. The van der Waals surface area contributed by atoms with Crippen molar-refractivity contribution in [3.63, 3.8) is 0 Å². The standard InChI is InChI=1S/C18H19N3O3/c1-23-15-9-6-5-7-12(15)14(11-19)20-18(22)17-13-8-3-2-4-10-16(13)24-21-17/h5-7,9,14H,2-4,8,10H2,1H3,(H,20,22)/t14-/m0/s1. The zero-order valence-electron chi connectivity index (χ0n) is 13.5. The van der Waals surface area contributed by atoms with Crippen LogP contribution in [0.5, 0.6) is 5.75 Å². The third kappa shape index (κ3) is 3.11. The summed E-state index contributed by atoms with van der Waals surface area (Å²) < 4.78 is 10.6. The van der Waals surface area contributed by atoms with E-state index in [-0.39, 0.29) is 5.91 Å². The third-order valence-corrected chi connectivity index (χ3v) is 4.27. The van der Waals surface area contributed by atoms with Crippen LogP contribution in [0.1, 0.15) is 52.7 Å². The van der Waals surface area contributed by atoms with Gasteiger partial charge in [-0.15, -0.1) is 0 Å². The normalized spacial score (nSPS) is 14.8. The number of hydrogen-bond donors (Lipinski definition) is 1. The molecule has 0 unspecified atom stereocenters. The molecule has 0 saturated heterocycles. The van der Waals surface area contributed by atoms with Crippen LogP contribution in [0.3, 0.4) is 0 Å². The van der Waals surface area contributed by atoms with E-state index in [0.717, 1.165) is 43.4 Å². The van der Waals surface area contributed by atoms with Crippen LogP contribution in [0.25, 0.3) is 0 Å². The first-order valence-corrected chi connectivity index (χ1v) is 8.05. The van der Waals surface area contributed by atoms with Crippen molar-refractivity contribution in [1.82, 2.24) is 10.5 Å². The van der Waals surface area contributed by atoms with Crippen LogP contribution >= 0.6 is 0 Å². The Morgan fingerprint density at radius 1 is 1.33 bits per heavy atom. The summed E-state index contributed by atoms with van der Waals surface area (Å²) in [7, 11) is 1.53. The second-order valence-electron chi connectivity index (χ2n) is 5.77. The van der Waals surface area contributed by atoms with Crippen molar-refractivity contribution in [2.75, 3.05) is 7.11 Å². The van der Waals surface area contributed by atoms with Crippen molar-refractivity contribution in [2.24, 2.45) is 0 Å². The quantitative estimate of drug-likeness (QED) is 0.873. The van der Waals surface area contributed by atoms with Crippen molar-refractivity contribution in [3.8, 4) is 11.8 Å². The maximum Gasteiger partial charge on any atom is 0.275 e. The van der Waals surface area contributed by atoms with E-state index >= 15 is 0 Å². The van der Waals surface area contributed by atoms with E-state index in [1.165, 1.54) is 7.11 Å². The van der Waals surface area contributed by atoms with Crippen molar-refractivity contribution in [1.29, 1.82) is 5.26 Å². The highest BCUT2D eigenvalue weighted by molar-refractivity contribution is 5.94. The molecule has 0 saturated carbocycles. The summed E-state index contributed by atoms with van der Waals surface area (Å²) >= 11 is 0. The number of methoxy groups -OCH3 is 1. The van der Waals surface area contributed by atoms with E-state index in [1.54, 1.807) is 18.2 Å². The van der Waals surface area contributed by atoms with Crippen LogP contribution in [-0.4, -0.2) is 18.2 Å². The summed E-state index contributed by atoms with van der Waals surface area (Å²) in [4.78, 5) is 12.6. The molecule has 1 N–H and O–H groups in total. The van der Waals surface area contributed by atoms with Gasteiger partial charge in [-0.2, -0.15) is 5.26 Å². The Labute approximate surface area is 140 Å². The first-order chi connectivity index (χ1) is 11.7. The average molecular weight is 325 g/mol. The van der Waals surface area contributed by atoms with Gasteiger partial charge in [-0.25, -0.2) is 0 Å². The minimum atomic E-state index is -0.813. The largest absolute Gasteiger partial charge is 0.496 e. The molecule has 1 amide bonds. The topological polar surface area (TPSA) is 88.1 Å². The zero-order valence-corrected chi connectivity index (χ0v) is 13.5. The van der Waals surface area contributed by atoms with E-state index in [1.807, 2.05) is 6.07 Å². The van der Waals surface area contributed by atoms with Crippen molar-refractivity contribution >= 4 is 5.91 Å². The maximum absolute atomic E-state index is 12.6. The highest BCUT2D eigenvalue weighted by Gasteiger charge is 2.26. The lowest BCUT2D eigenvalue weighted by Crippen LogP contribution is -2.29. The van der Waals surface area contributed by atoms with Gasteiger partial charge in [-0.05, 0) is 25.3 Å². The minimum Gasteiger partial charge on any atom is -0.496 e. The van der Waals surface area contributed by atoms with Crippen LogP contribution < -0.4 is 10.1 Å².